The van der Waals surface area contributed by atoms with Crippen LogP contribution in [0.15, 0.2) is 38.0 Å². The van der Waals surface area contributed by atoms with E-state index in [9.17, 15) is 52.7 Å². The van der Waals surface area contributed by atoms with Gasteiger partial charge in [-0.05, 0) is 19.8 Å². The highest BCUT2D eigenvalue weighted by atomic mass is 16.6. The molecule has 0 aromatic carbocycles. The quantitative estimate of drug-likeness (QED) is 0.0368. The Hall–Kier alpha value is -6.09. The average molecular weight is 791 g/mol. The number of rotatable bonds is 25. The lowest BCUT2D eigenvalue weighted by molar-refractivity contribution is -0.176. The first-order valence-electron chi connectivity index (χ1n) is 15.9. The van der Waals surface area contributed by atoms with Crippen LogP contribution in [-0.4, -0.2) is 144 Å². The van der Waals surface area contributed by atoms with Gasteiger partial charge in [0, 0.05) is 32.1 Å². The summed E-state index contributed by atoms with van der Waals surface area (Å²) in [4.78, 5) is 119. The maximum absolute atomic E-state index is 11.2. The fraction of sp³-hybridized carbons (Fsp3) is 0.500. The molecule has 0 aliphatic heterocycles. The molecule has 0 heterocycles. The van der Waals surface area contributed by atoms with E-state index in [0.717, 1.165) is 39.2 Å². The molecule has 0 fully saturated rings. The van der Waals surface area contributed by atoms with Crippen molar-refractivity contribution in [3.63, 3.8) is 0 Å². The van der Waals surface area contributed by atoms with Crippen molar-refractivity contribution in [2.45, 2.75) is 39.7 Å². The topological polar surface area (TPSA) is 280 Å². The maximum Gasteiger partial charge on any atom is 0.417 e. The minimum atomic E-state index is -1.36. The van der Waals surface area contributed by atoms with Gasteiger partial charge in [0.2, 0.25) is 11.6 Å². The van der Waals surface area contributed by atoms with E-state index in [1.165, 1.54) is 0 Å². The normalized spacial score (nSPS) is 9.96. The molecule has 55 heavy (non-hydrogen) atoms. The van der Waals surface area contributed by atoms with Crippen molar-refractivity contribution in [1.82, 2.24) is 0 Å². The number of methoxy groups -OCH3 is 1. The van der Waals surface area contributed by atoms with E-state index >= 15 is 0 Å². The van der Waals surface area contributed by atoms with Crippen molar-refractivity contribution in [2.75, 3.05) is 73.2 Å². The van der Waals surface area contributed by atoms with E-state index < -0.39 is 84.4 Å². The highest BCUT2D eigenvalue weighted by molar-refractivity contribution is 6.34. The molecule has 0 aromatic rings. The first-order valence-corrected chi connectivity index (χ1v) is 15.9. The van der Waals surface area contributed by atoms with Gasteiger partial charge >= 0.3 is 47.8 Å². The molecule has 21 nitrogen and oxygen atoms in total. The van der Waals surface area contributed by atoms with E-state index in [2.05, 4.69) is 57.6 Å². The summed E-state index contributed by atoms with van der Waals surface area (Å²) < 4.78 is 46.2. The van der Waals surface area contributed by atoms with Crippen molar-refractivity contribution in [3.05, 3.63) is 38.0 Å². The average Bonchev–Trinajstić information content (AvgIpc) is 3.17. The molecule has 0 rings (SSSR count). The van der Waals surface area contributed by atoms with Crippen LogP contribution in [0, 0.1) is 0 Å². The summed E-state index contributed by atoms with van der Waals surface area (Å²) in [5.74, 6) is -9.57. The second-order valence-corrected chi connectivity index (χ2v) is 9.46. The molecule has 21 heteroatoms. The predicted molar refractivity (Wildman–Crippen MR) is 181 cm³/mol. The van der Waals surface area contributed by atoms with Crippen LogP contribution in [0.5, 0.6) is 0 Å². The standard InChI is InChI=1S/C12H14O9.C12H18O7.C10H14O5/c1-4-9(14)19-5-8(6-20-10(15)7(2)13)21-12(17)11(16)18-3;1-3-11(14)19-8-7-16-5-6-17-9-10(13)12(15)18-4-2;1-3-9(12)14-6-4-5-7-15-10(13)8(2)11/h4,8H,1,5-6H2,2-3H3;3H,1,4-9H2,2H3;3H,1,4-7H2,2H3. The van der Waals surface area contributed by atoms with Gasteiger partial charge in [-0.2, -0.15) is 0 Å². The number of hydrogen-bond donors (Lipinski definition) is 0. The van der Waals surface area contributed by atoms with Crippen molar-refractivity contribution in [2.24, 2.45) is 0 Å². The van der Waals surface area contributed by atoms with Gasteiger partial charge in [-0.3, -0.25) is 14.4 Å². The zero-order chi connectivity index (χ0) is 42.6. The highest BCUT2D eigenvalue weighted by Gasteiger charge is 2.25. The van der Waals surface area contributed by atoms with Crippen LogP contribution in [-0.2, 0) is 100 Å². The van der Waals surface area contributed by atoms with Gasteiger partial charge in [0.05, 0.1) is 46.8 Å². The van der Waals surface area contributed by atoms with Crippen LogP contribution in [0.1, 0.15) is 33.6 Å². The summed E-state index contributed by atoms with van der Waals surface area (Å²) in [6, 6.07) is 0. The van der Waals surface area contributed by atoms with Crippen LogP contribution in [0.25, 0.3) is 0 Å². The van der Waals surface area contributed by atoms with Crippen molar-refractivity contribution < 1.29 is 100 Å². The summed E-state index contributed by atoms with van der Waals surface area (Å²) in [6.45, 7) is 13.2. The van der Waals surface area contributed by atoms with Gasteiger partial charge in [0.25, 0.3) is 5.78 Å². The van der Waals surface area contributed by atoms with Crippen LogP contribution >= 0.6 is 0 Å². The lowest BCUT2D eigenvalue weighted by atomic mass is 10.3. The molecule has 0 aromatic heterocycles. The number of esters is 8. The number of Topliss-reactive ketones (excluding diaryl/α,β-unsaturated/α-hetero) is 3. The lowest BCUT2D eigenvalue weighted by Crippen LogP contribution is -2.34. The number of ketones is 3. The Kier molecular flexibility index (Phi) is 33.9. The Bertz CT molecular complexity index is 1330. The molecule has 0 radical (unpaired) electrons. The van der Waals surface area contributed by atoms with Gasteiger partial charge in [-0.15, -0.1) is 0 Å². The highest BCUT2D eigenvalue weighted by Crippen LogP contribution is 2.00. The fourth-order valence-electron chi connectivity index (χ4n) is 2.52. The summed E-state index contributed by atoms with van der Waals surface area (Å²) in [7, 11) is 0.964. The Morgan fingerprint density at radius 2 is 0.964 bits per heavy atom. The van der Waals surface area contributed by atoms with Crippen molar-refractivity contribution >= 4 is 65.1 Å². The molecule has 0 aliphatic carbocycles. The number of carbonyl (C=O) groups is 11. The molecule has 0 saturated carbocycles. The Labute approximate surface area is 316 Å². The first-order chi connectivity index (χ1) is 26.0. The third kappa shape index (κ3) is 33.5. The summed E-state index contributed by atoms with van der Waals surface area (Å²) in [5, 5.41) is 0. The van der Waals surface area contributed by atoms with Gasteiger partial charge in [-0.1, -0.05) is 19.7 Å². The van der Waals surface area contributed by atoms with E-state index in [-0.39, 0.29) is 52.9 Å². The molecule has 1 atom stereocenters. The molecule has 0 spiro atoms. The number of ether oxygens (including phenoxy) is 10. The van der Waals surface area contributed by atoms with Gasteiger partial charge in [0.1, 0.15) is 26.4 Å². The van der Waals surface area contributed by atoms with Crippen LogP contribution in [0.2, 0.25) is 0 Å². The van der Waals surface area contributed by atoms with E-state index in [1.807, 2.05) is 0 Å². The van der Waals surface area contributed by atoms with Crippen LogP contribution < -0.4 is 0 Å². The zero-order valence-electron chi connectivity index (χ0n) is 31.0. The molecule has 1 unspecified atom stereocenters. The lowest BCUT2D eigenvalue weighted by Gasteiger charge is -2.16. The van der Waals surface area contributed by atoms with Crippen molar-refractivity contribution in [1.29, 1.82) is 0 Å². The number of carbonyl (C=O) groups excluding carboxylic acids is 11. The van der Waals surface area contributed by atoms with E-state index in [4.69, 9.17) is 9.47 Å². The number of unbranched alkanes of at least 4 members (excludes halogenated alkanes) is 1. The van der Waals surface area contributed by atoms with Gasteiger partial charge in [-0.25, -0.2) is 38.4 Å². The molecule has 0 bridgehead atoms. The summed E-state index contributed by atoms with van der Waals surface area (Å²) in [6.07, 6.45) is 2.85. The van der Waals surface area contributed by atoms with E-state index in [0.29, 0.717) is 12.8 Å². The van der Waals surface area contributed by atoms with Crippen LogP contribution in [0.3, 0.4) is 0 Å². The van der Waals surface area contributed by atoms with Crippen LogP contribution in [0.4, 0.5) is 0 Å². The SMILES string of the molecule is C=CC(=O)OCC(COC(=O)C(C)=O)OC(=O)C(=O)OC.C=CC(=O)OCCCCOC(=O)C(C)=O.C=CC(=O)OCCOCCOCC(=O)C(=O)OCC. The molecule has 0 saturated heterocycles. The first kappa shape index (κ1) is 53.3. The zero-order valence-corrected chi connectivity index (χ0v) is 31.0. The third-order valence-corrected chi connectivity index (χ3v) is 5.11. The fourth-order valence-corrected chi connectivity index (χ4v) is 2.52. The minimum Gasteiger partial charge on any atom is -0.463 e. The summed E-state index contributed by atoms with van der Waals surface area (Å²) in [5.41, 5.74) is 0. The van der Waals surface area contributed by atoms with Gasteiger partial charge in [0.15, 0.2) is 6.10 Å². The van der Waals surface area contributed by atoms with E-state index in [1.54, 1.807) is 6.92 Å². The molecule has 0 N–H and O–H groups in total. The molecule has 308 valence electrons. The predicted octanol–water partition coefficient (Wildman–Crippen LogP) is -0.558. The monoisotopic (exact) mass is 790 g/mol. The van der Waals surface area contributed by atoms with Gasteiger partial charge < -0.3 is 47.4 Å². The Balaban J connectivity index is -0.000000748. The Morgan fingerprint density at radius 1 is 0.509 bits per heavy atom. The molecule has 0 aliphatic rings. The maximum atomic E-state index is 11.2. The Morgan fingerprint density at radius 3 is 1.47 bits per heavy atom. The third-order valence-electron chi connectivity index (χ3n) is 5.11. The smallest absolute Gasteiger partial charge is 0.417 e. The molecular formula is C34H46O21. The second-order valence-electron chi connectivity index (χ2n) is 9.46. The number of hydrogen-bond acceptors (Lipinski definition) is 21. The summed E-state index contributed by atoms with van der Waals surface area (Å²) >= 11 is 0. The second kappa shape index (κ2) is 35.0. The minimum absolute atomic E-state index is 0.118. The molecular weight excluding hydrogens is 744 g/mol. The van der Waals surface area contributed by atoms with Crippen molar-refractivity contribution in [3.8, 4) is 0 Å². The molecule has 0 amide bonds. The largest absolute Gasteiger partial charge is 0.463 e.